The first-order valence-corrected chi connectivity index (χ1v) is 4.75. The zero-order valence-electron chi connectivity index (χ0n) is 8.99. The summed E-state index contributed by atoms with van der Waals surface area (Å²) >= 11 is 0. The highest BCUT2D eigenvalue weighted by Gasteiger charge is 2.10. The Labute approximate surface area is 84.2 Å². The minimum absolute atomic E-state index is 0.588. The Balaban J connectivity index is 2.20. The molecule has 80 valence electrons. The molecule has 2 N–H and O–H groups in total. The third kappa shape index (κ3) is 3.85. The number of rotatable bonds is 5. The molecule has 0 spiro atoms. The summed E-state index contributed by atoms with van der Waals surface area (Å²) in [6.07, 6.45) is 2.51. The molecule has 1 aromatic heterocycles. The van der Waals surface area contributed by atoms with Gasteiger partial charge in [-0.1, -0.05) is 0 Å². The zero-order valence-corrected chi connectivity index (χ0v) is 8.99. The highest BCUT2D eigenvalue weighted by atomic mass is 16.3. The average molecular weight is 198 g/mol. The summed E-state index contributed by atoms with van der Waals surface area (Å²) in [5, 5.41) is 20.3. The van der Waals surface area contributed by atoms with Crippen LogP contribution in [0.5, 0.6) is 0 Å². The number of aryl methyl sites for hydroxylation is 1. The molecule has 0 amide bonds. The summed E-state index contributed by atoms with van der Waals surface area (Å²) in [6.45, 7) is 4.95. The van der Waals surface area contributed by atoms with Gasteiger partial charge in [-0.3, -0.25) is 0 Å². The van der Waals surface area contributed by atoms with Gasteiger partial charge in [0.05, 0.1) is 5.60 Å². The highest BCUT2D eigenvalue weighted by molar-refractivity contribution is 4.85. The Morgan fingerprint density at radius 2 is 2.29 bits per heavy atom. The lowest BCUT2D eigenvalue weighted by Gasteiger charge is -2.17. The number of nitrogens with one attached hydrogen (secondary N) is 1. The van der Waals surface area contributed by atoms with E-state index in [1.54, 1.807) is 20.2 Å². The first kappa shape index (κ1) is 11.1. The first-order chi connectivity index (χ1) is 6.49. The lowest BCUT2D eigenvalue weighted by atomic mass is 10.1. The standard InChI is InChI=1S/C9H18N4O/c1-9(2,14)6-10-5-4-8-12-11-7-13(8)3/h7,10,14H,4-6H2,1-3H3. The lowest BCUT2D eigenvalue weighted by molar-refractivity contribution is 0.0801. The molecule has 1 rings (SSSR count). The van der Waals surface area contributed by atoms with E-state index in [1.165, 1.54) is 0 Å². The van der Waals surface area contributed by atoms with Crippen molar-refractivity contribution in [1.82, 2.24) is 20.1 Å². The molecule has 0 aliphatic rings. The van der Waals surface area contributed by atoms with E-state index in [0.29, 0.717) is 6.54 Å². The van der Waals surface area contributed by atoms with Crippen LogP contribution >= 0.6 is 0 Å². The topological polar surface area (TPSA) is 63.0 Å². The quantitative estimate of drug-likeness (QED) is 0.639. The van der Waals surface area contributed by atoms with E-state index in [2.05, 4.69) is 15.5 Å². The van der Waals surface area contributed by atoms with Crippen molar-refractivity contribution in [2.75, 3.05) is 13.1 Å². The van der Waals surface area contributed by atoms with Crippen molar-refractivity contribution in [2.45, 2.75) is 25.9 Å². The van der Waals surface area contributed by atoms with E-state index in [4.69, 9.17) is 0 Å². The largest absolute Gasteiger partial charge is 0.389 e. The summed E-state index contributed by atoms with van der Waals surface area (Å²) in [6, 6.07) is 0. The summed E-state index contributed by atoms with van der Waals surface area (Å²) in [5.41, 5.74) is -0.653. The number of hydrogen-bond acceptors (Lipinski definition) is 4. The van der Waals surface area contributed by atoms with E-state index < -0.39 is 5.60 Å². The van der Waals surface area contributed by atoms with Gasteiger partial charge in [0, 0.05) is 26.6 Å². The molecule has 5 nitrogen and oxygen atoms in total. The SMILES string of the molecule is Cn1cnnc1CCNCC(C)(C)O. The summed E-state index contributed by atoms with van der Waals surface area (Å²) in [5.74, 6) is 0.952. The third-order valence-electron chi connectivity index (χ3n) is 1.89. The van der Waals surface area contributed by atoms with Crippen molar-refractivity contribution in [3.63, 3.8) is 0 Å². The van der Waals surface area contributed by atoms with Crippen LogP contribution in [0.15, 0.2) is 6.33 Å². The molecule has 0 aliphatic heterocycles. The Kier molecular flexibility index (Phi) is 3.60. The van der Waals surface area contributed by atoms with Crippen LogP contribution in [0, 0.1) is 0 Å². The summed E-state index contributed by atoms with van der Waals surface area (Å²) in [4.78, 5) is 0. The Morgan fingerprint density at radius 3 is 2.79 bits per heavy atom. The number of aromatic nitrogens is 3. The molecular weight excluding hydrogens is 180 g/mol. The number of nitrogens with zero attached hydrogens (tertiary/aromatic N) is 3. The molecule has 5 heteroatoms. The summed E-state index contributed by atoms with van der Waals surface area (Å²) < 4.78 is 1.89. The third-order valence-corrected chi connectivity index (χ3v) is 1.89. The second kappa shape index (κ2) is 4.52. The second-order valence-electron chi connectivity index (χ2n) is 4.10. The second-order valence-corrected chi connectivity index (χ2v) is 4.10. The average Bonchev–Trinajstić information content (AvgIpc) is 2.44. The van der Waals surface area contributed by atoms with Crippen LogP contribution in [-0.2, 0) is 13.5 Å². The van der Waals surface area contributed by atoms with Gasteiger partial charge in [-0.15, -0.1) is 10.2 Å². The molecule has 0 bridgehead atoms. The Bertz CT molecular complexity index is 277. The van der Waals surface area contributed by atoms with Crippen molar-refractivity contribution in [2.24, 2.45) is 7.05 Å². The fourth-order valence-electron chi connectivity index (χ4n) is 1.13. The van der Waals surface area contributed by atoms with Crippen LogP contribution in [0.4, 0.5) is 0 Å². The van der Waals surface area contributed by atoms with Crippen LogP contribution in [-0.4, -0.2) is 38.6 Å². The zero-order chi connectivity index (χ0) is 10.6. The van der Waals surface area contributed by atoms with Crippen molar-refractivity contribution in [3.8, 4) is 0 Å². The van der Waals surface area contributed by atoms with Gasteiger partial charge in [-0.2, -0.15) is 0 Å². The van der Waals surface area contributed by atoms with E-state index in [-0.39, 0.29) is 0 Å². The normalized spacial score (nSPS) is 12.0. The molecule has 0 aliphatic carbocycles. The molecule has 0 atom stereocenters. The molecule has 0 saturated carbocycles. The molecule has 0 saturated heterocycles. The van der Waals surface area contributed by atoms with Gasteiger partial charge in [0.25, 0.3) is 0 Å². The molecular formula is C9H18N4O. The lowest BCUT2D eigenvalue weighted by Crippen LogP contribution is -2.35. The fraction of sp³-hybridized carbons (Fsp3) is 0.778. The van der Waals surface area contributed by atoms with Crippen LogP contribution < -0.4 is 5.32 Å². The van der Waals surface area contributed by atoms with Crippen molar-refractivity contribution >= 4 is 0 Å². The summed E-state index contributed by atoms with van der Waals surface area (Å²) in [7, 11) is 1.92. The maximum absolute atomic E-state index is 9.43. The molecule has 0 aromatic carbocycles. The van der Waals surface area contributed by atoms with Crippen LogP contribution in [0.1, 0.15) is 19.7 Å². The van der Waals surface area contributed by atoms with Gasteiger partial charge < -0.3 is 15.0 Å². The molecule has 0 fully saturated rings. The minimum Gasteiger partial charge on any atom is -0.389 e. The van der Waals surface area contributed by atoms with E-state index in [1.807, 2.05) is 11.6 Å². The Hall–Kier alpha value is -0.940. The molecule has 1 aromatic rings. The van der Waals surface area contributed by atoms with Gasteiger partial charge in [-0.25, -0.2) is 0 Å². The Morgan fingerprint density at radius 1 is 1.57 bits per heavy atom. The molecule has 0 unspecified atom stereocenters. The molecule has 0 radical (unpaired) electrons. The van der Waals surface area contributed by atoms with E-state index in [0.717, 1.165) is 18.8 Å². The van der Waals surface area contributed by atoms with Crippen molar-refractivity contribution in [3.05, 3.63) is 12.2 Å². The van der Waals surface area contributed by atoms with Crippen LogP contribution in [0.3, 0.4) is 0 Å². The van der Waals surface area contributed by atoms with Gasteiger partial charge in [0.2, 0.25) is 0 Å². The molecule has 14 heavy (non-hydrogen) atoms. The minimum atomic E-state index is -0.653. The maximum atomic E-state index is 9.43. The fourth-order valence-corrected chi connectivity index (χ4v) is 1.13. The van der Waals surface area contributed by atoms with Crippen molar-refractivity contribution in [1.29, 1.82) is 0 Å². The number of aliphatic hydroxyl groups is 1. The predicted molar refractivity (Wildman–Crippen MR) is 53.9 cm³/mol. The van der Waals surface area contributed by atoms with Gasteiger partial charge >= 0.3 is 0 Å². The van der Waals surface area contributed by atoms with E-state index >= 15 is 0 Å². The maximum Gasteiger partial charge on any atom is 0.133 e. The van der Waals surface area contributed by atoms with Crippen molar-refractivity contribution < 1.29 is 5.11 Å². The smallest absolute Gasteiger partial charge is 0.133 e. The highest BCUT2D eigenvalue weighted by Crippen LogP contribution is 1.97. The van der Waals surface area contributed by atoms with Gasteiger partial charge in [-0.05, 0) is 13.8 Å². The number of hydrogen-bond donors (Lipinski definition) is 2. The van der Waals surface area contributed by atoms with Gasteiger partial charge in [0.15, 0.2) is 0 Å². The molecule has 1 heterocycles. The predicted octanol–water partition coefficient (Wildman–Crippen LogP) is -0.282. The van der Waals surface area contributed by atoms with Gasteiger partial charge in [0.1, 0.15) is 12.2 Å². The van der Waals surface area contributed by atoms with Crippen LogP contribution in [0.25, 0.3) is 0 Å². The van der Waals surface area contributed by atoms with Crippen LogP contribution in [0.2, 0.25) is 0 Å². The monoisotopic (exact) mass is 198 g/mol. The first-order valence-electron chi connectivity index (χ1n) is 4.75. The van der Waals surface area contributed by atoms with E-state index in [9.17, 15) is 5.11 Å².